The maximum atomic E-state index is 13.1. The molecule has 0 spiro atoms. The molecule has 0 aliphatic rings. The molecule has 3 rings (SSSR count). The SMILES string of the molecule is Cc1ccc(-c2nn(-c3ccc(F)cc3C)cc2N)o1. The first-order chi connectivity index (χ1) is 9.54. The van der Waals surface area contributed by atoms with E-state index in [9.17, 15) is 4.39 Å². The predicted molar refractivity (Wildman–Crippen MR) is 75.1 cm³/mol. The minimum Gasteiger partial charge on any atom is -0.460 e. The molecule has 2 heterocycles. The second kappa shape index (κ2) is 4.52. The number of nitrogens with two attached hydrogens (primary N) is 1. The highest BCUT2D eigenvalue weighted by Gasteiger charge is 2.14. The van der Waals surface area contributed by atoms with Crippen LogP contribution >= 0.6 is 0 Å². The summed E-state index contributed by atoms with van der Waals surface area (Å²) in [6.45, 7) is 3.69. The van der Waals surface area contributed by atoms with E-state index in [1.54, 1.807) is 16.9 Å². The smallest absolute Gasteiger partial charge is 0.156 e. The van der Waals surface area contributed by atoms with E-state index in [-0.39, 0.29) is 5.82 Å². The number of nitrogens with zero attached hydrogens (tertiary/aromatic N) is 2. The summed E-state index contributed by atoms with van der Waals surface area (Å²) in [5, 5.41) is 4.43. The Morgan fingerprint density at radius 2 is 2.00 bits per heavy atom. The number of aromatic nitrogens is 2. The third-order valence-corrected chi connectivity index (χ3v) is 3.12. The molecule has 2 aromatic heterocycles. The van der Waals surface area contributed by atoms with Gasteiger partial charge in [-0.05, 0) is 49.7 Å². The quantitative estimate of drug-likeness (QED) is 0.776. The molecule has 0 fully saturated rings. The summed E-state index contributed by atoms with van der Waals surface area (Å²) >= 11 is 0. The van der Waals surface area contributed by atoms with Crippen molar-refractivity contribution in [1.29, 1.82) is 0 Å². The van der Waals surface area contributed by atoms with Gasteiger partial charge in [0.2, 0.25) is 0 Å². The number of nitrogen functional groups attached to an aromatic ring is 1. The van der Waals surface area contributed by atoms with Crippen LogP contribution in [0.5, 0.6) is 0 Å². The lowest BCUT2D eigenvalue weighted by Crippen LogP contribution is -1.98. The fraction of sp³-hybridized carbons (Fsp3) is 0.133. The maximum Gasteiger partial charge on any atom is 0.156 e. The first kappa shape index (κ1) is 12.5. The van der Waals surface area contributed by atoms with Gasteiger partial charge in [-0.3, -0.25) is 0 Å². The molecule has 4 nitrogen and oxygen atoms in total. The summed E-state index contributed by atoms with van der Waals surface area (Å²) in [5.74, 6) is 1.15. The molecule has 0 saturated carbocycles. The zero-order valence-electron chi connectivity index (χ0n) is 11.2. The van der Waals surface area contributed by atoms with E-state index in [4.69, 9.17) is 10.2 Å². The second-order valence-electron chi connectivity index (χ2n) is 4.72. The van der Waals surface area contributed by atoms with E-state index in [1.807, 2.05) is 26.0 Å². The van der Waals surface area contributed by atoms with Crippen LogP contribution in [0.15, 0.2) is 40.9 Å². The predicted octanol–water partition coefficient (Wildman–Crippen LogP) is 3.47. The van der Waals surface area contributed by atoms with Crippen molar-refractivity contribution in [3.63, 3.8) is 0 Å². The summed E-state index contributed by atoms with van der Waals surface area (Å²) in [6, 6.07) is 8.22. The van der Waals surface area contributed by atoms with Crippen molar-refractivity contribution in [2.24, 2.45) is 0 Å². The number of hydrogen-bond donors (Lipinski definition) is 1. The van der Waals surface area contributed by atoms with Gasteiger partial charge in [0.1, 0.15) is 11.6 Å². The lowest BCUT2D eigenvalue weighted by molar-refractivity contribution is 0.546. The van der Waals surface area contributed by atoms with Gasteiger partial charge < -0.3 is 10.2 Å². The molecule has 0 aliphatic heterocycles. The summed E-state index contributed by atoms with van der Waals surface area (Å²) in [5.41, 5.74) is 8.66. The number of furan rings is 1. The van der Waals surface area contributed by atoms with Crippen molar-refractivity contribution in [2.45, 2.75) is 13.8 Å². The number of halogens is 1. The van der Waals surface area contributed by atoms with Crippen molar-refractivity contribution in [3.8, 4) is 17.1 Å². The molecule has 0 bridgehead atoms. The standard InChI is InChI=1S/C15H14FN3O/c1-9-7-11(16)4-5-13(9)19-8-12(17)15(18-19)14-6-3-10(2)20-14/h3-8H,17H2,1-2H3. The molecule has 0 amide bonds. The van der Waals surface area contributed by atoms with Gasteiger partial charge >= 0.3 is 0 Å². The molecule has 0 unspecified atom stereocenters. The Kier molecular flexibility index (Phi) is 2.82. The van der Waals surface area contributed by atoms with Gasteiger partial charge in [-0.1, -0.05) is 0 Å². The van der Waals surface area contributed by atoms with E-state index in [2.05, 4.69) is 5.10 Å². The lowest BCUT2D eigenvalue weighted by Gasteiger charge is -2.05. The summed E-state index contributed by atoms with van der Waals surface area (Å²) in [6.07, 6.45) is 1.70. The number of benzene rings is 1. The van der Waals surface area contributed by atoms with E-state index in [0.29, 0.717) is 17.1 Å². The summed E-state index contributed by atoms with van der Waals surface area (Å²) in [4.78, 5) is 0. The van der Waals surface area contributed by atoms with Gasteiger partial charge in [-0.25, -0.2) is 9.07 Å². The van der Waals surface area contributed by atoms with E-state index in [1.165, 1.54) is 12.1 Å². The largest absolute Gasteiger partial charge is 0.460 e. The topological polar surface area (TPSA) is 57.0 Å². The Bertz CT molecular complexity index is 773. The second-order valence-corrected chi connectivity index (χ2v) is 4.72. The van der Waals surface area contributed by atoms with Crippen molar-refractivity contribution in [3.05, 3.63) is 53.7 Å². The summed E-state index contributed by atoms with van der Waals surface area (Å²) in [7, 11) is 0. The highest BCUT2D eigenvalue weighted by atomic mass is 19.1. The van der Waals surface area contributed by atoms with Crippen LogP contribution in [0.3, 0.4) is 0 Å². The molecular formula is C15H14FN3O. The molecular weight excluding hydrogens is 257 g/mol. The Hall–Kier alpha value is -2.56. The third kappa shape index (κ3) is 2.07. The molecule has 102 valence electrons. The monoisotopic (exact) mass is 271 g/mol. The molecule has 0 atom stereocenters. The van der Waals surface area contributed by atoms with Crippen LogP contribution in [0.2, 0.25) is 0 Å². The van der Waals surface area contributed by atoms with E-state index < -0.39 is 0 Å². The molecule has 0 aliphatic carbocycles. The van der Waals surface area contributed by atoms with Gasteiger partial charge in [0, 0.05) is 0 Å². The number of rotatable bonds is 2. The number of anilines is 1. The van der Waals surface area contributed by atoms with Crippen LogP contribution in [0, 0.1) is 19.7 Å². The van der Waals surface area contributed by atoms with Crippen LogP contribution in [0.4, 0.5) is 10.1 Å². The number of hydrogen-bond acceptors (Lipinski definition) is 3. The fourth-order valence-electron chi connectivity index (χ4n) is 2.14. The maximum absolute atomic E-state index is 13.1. The van der Waals surface area contributed by atoms with Crippen molar-refractivity contribution < 1.29 is 8.81 Å². The molecule has 2 N–H and O–H groups in total. The highest BCUT2D eigenvalue weighted by Crippen LogP contribution is 2.27. The molecule has 3 aromatic rings. The van der Waals surface area contributed by atoms with Gasteiger partial charge in [0.15, 0.2) is 11.5 Å². The Labute approximate surface area is 115 Å². The van der Waals surface area contributed by atoms with E-state index in [0.717, 1.165) is 17.0 Å². The van der Waals surface area contributed by atoms with Gasteiger partial charge in [-0.15, -0.1) is 0 Å². The average molecular weight is 271 g/mol. The molecule has 1 aromatic carbocycles. The van der Waals surface area contributed by atoms with Crippen LogP contribution < -0.4 is 5.73 Å². The molecule has 0 radical (unpaired) electrons. The fourth-order valence-corrected chi connectivity index (χ4v) is 2.14. The van der Waals surface area contributed by atoms with Crippen LogP contribution in [-0.2, 0) is 0 Å². The van der Waals surface area contributed by atoms with Crippen LogP contribution in [0.1, 0.15) is 11.3 Å². The first-order valence-corrected chi connectivity index (χ1v) is 6.23. The third-order valence-electron chi connectivity index (χ3n) is 3.12. The molecule has 20 heavy (non-hydrogen) atoms. The highest BCUT2D eigenvalue weighted by molar-refractivity contribution is 5.68. The average Bonchev–Trinajstić information content (AvgIpc) is 2.95. The Morgan fingerprint density at radius 1 is 1.20 bits per heavy atom. The molecule has 5 heteroatoms. The van der Waals surface area contributed by atoms with Crippen LogP contribution in [-0.4, -0.2) is 9.78 Å². The van der Waals surface area contributed by atoms with Gasteiger partial charge in [-0.2, -0.15) is 5.10 Å². The minimum atomic E-state index is -0.270. The Morgan fingerprint density at radius 3 is 2.65 bits per heavy atom. The summed E-state index contributed by atoms with van der Waals surface area (Å²) < 4.78 is 20.3. The zero-order chi connectivity index (χ0) is 14.3. The zero-order valence-corrected chi connectivity index (χ0v) is 11.2. The van der Waals surface area contributed by atoms with Gasteiger partial charge in [0.05, 0.1) is 17.6 Å². The minimum absolute atomic E-state index is 0.270. The molecule has 0 saturated heterocycles. The van der Waals surface area contributed by atoms with Crippen LogP contribution in [0.25, 0.3) is 17.1 Å². The Balaban J connectivity index is 2.08. The van der Waals surface area contributed by atoms with Crippen molar-refractivity contribution >= 4 is 5.69 Å². The van der Waals surface area contributed by atoms with Crippen molar-refractivity contribution in [1.82, 2.24) is 9.78 Å². The normalized spacial score (nSPS) is 10.9. The van der Waals surface area contributed by atoms with Crippen molar-refractivity contribution in [2.75, 3.05) is 5.73 Å². The lowest BCUT2D eigenvalue weighted by atomic mass is 10.2. The van der Waals surface area contributed by atoms with Gasteiger partial charge in [0.25, 0.3) is 0 Å². The van der Waals surface area contributed by atoms with E-state index >= 15 is 0 Å². The first-order valence-electron chi connectivity index (χ1n) is 6.23. The number of aryl methyl sites for hydroxylation is 2.